The summed E-state index contributed by atoms with van der Waals surface area (Å²) in [5, 5.41) is 71.7. The van der Waals surface area contributed by atoms with Crippen LogP contribution >= 0.6 is 0 Å². The van der Waals surface area contributed by atoms with Crippen LogP contribution in [0.3, 0.4) is 0 Å². The molecule has 7 N–H and O–H groups in total. The molecule has 2 heterocycles. The molecule has 2 aliphatic heterocycles. The summed E-state index contributed by atoms with van der Waals surface area (Å²) in [6.07, 6.45) is 8.45. The minimum atomic E-state index is -1.76. The Labute approximate surface area is 340 Å². The Kier molecular flexibility index (Phi) is 28.1. The summed E-state index contributed by atoms with van der Waals surface area (Å²) in [5.41, 5.74) is 0. The standard InChI is InChI=1S/C42H76O15/c1-3-5-7-9-11-13-14-15-17-19-21-23-25-34(45)55-30(27-52-33(44)24-22-20-18-16-12-10-8-6-4-2)28-53-41-40(51)38(49)36(47)32(57-41)29-54-42-39(50)37(48)35(46)31(26-43)56-42/h11,13,30-32,35-43,46-51H,3-10,12,14-29H2,1-2H3/b13-11+/t30-,31-,32-,35+,36+,37?,38?,39?,40?,41-,42-/m1/s1. The summed E-state index contributed by atoms with van der Waals surface area (Å²) in [6.45, 7) is 2.50. The number of allylic oxidation sites excluding steroid dienone is 2. The van der Waals surface area contributed by atoms with Crippen molar-refractivity contribution in [2.75, 3.05) is 26.4 Å². The van der Waals surface area contributed by atoms with Gasteiger partial charge in [0.1, 0.15) is 55.4 Å². The van der Waals surface area contributed by atoms with Crippen molar-refractivity contribution < 1.29 is 73.8 Å². The van der Waals surface area contributed by atoms with Crippen molar-refractivity contribution >= 4 is 11.9 Å². The van der Waals surface area contributed by atoms with Gasteiger partial charge in [0.2, 0.25) is 0 Å². The van der Waals surface area contributed by atoms with Crippen LogP contribution in [0.5, 0.6) is 0 Å². The highest BCUT2D eigenvalue weighted by atomic mass is 16.7. The second-order valence-corrected chi connectivity index (χ2v) is 15.5. The van der Waals surface area contributed by atoms with Crippen molar-refractivity contribution in [2.24, 2.45) is 0 Å². The number of esters is 2. The number of carbonyl (C=O) groups excluding carboxylic acids is 2. The third-order valence-electron chi connectivity index (χ3n) is 10.5. The van der Waals surface area contributed by atoms with Crippen molar-refractivity contribution in [2.45, 2.75) is 216 Å². The van der Waals surface area contributed by atoms with E-state index in [9.17, 15) is 45.3 Å². The SMILES string of the molecule is CCCCC/C=C/CCCCCCCC(=O)O[C@H](COC(=O)CCCCCCCCCCC)CO[C@@H]1O[C@H](CO[C@@H]2O[C@H](CO)[C@H](O)C(O)C2O)[C@H](O)C(O)C1O. The Bertz CT molecular complexity index is 1060. The first-order valence-electron chi connectivity index (χ1n) is 21.8. The lowest BCUT2D eigenvalue weighted by atomic mass is 9.98. The van der Waals surface area contributed by atoms with Gasteiger partial charge in [-0.2, -0.15) is 0 Å². The molecule has 2 saturated heterocycles. The third kappa shape index (κ3) is 20.9. The fourth-order valence-electron chi connectivity index (χ4n) is 6.80. The summed E-state index contributed by atoms with van der Waals surface area (Å²) in [5.74, 6) is -0.937. The van der Waals surface area contributed by atoms with Crippen LogP contribution < -0.4 is 0 Å². The Morgan fingerprint density at radius 1 is 0.544 bits per heavy atom. The monoisotopic (exact) mass is 821 g/mol. The molecule has 0 aromatic carbocycles. The van der Waals surface area contributed by atoms with E-state index in [0.29, 0.717) is 12.8 Å². The summed E-state index contributed by atoms with van der Waals surface area (Å²) in [6, 6.07) is 0. The predicted octanol–water partition coefficient (Wildman–Crippen LogP) is 3.87. The topological polar surface area (TPSA) is 231 Å². The zero-order valence-electron chi connectivity index (χ0n) is 34.6. The molecule has 0 radical (unpaired) electrons. The van der Waals surface area contributed by atoms with E-state index >= 15 is 0 Å². The number of rotatable bonds is 32. The molecule has 0 aromatic heterocycles. The normalized spacial score (nSPS) is 28.4. The summed E-state index contributed by atoms with van der Waals surface area (Å²) in [4.78, 5) is 25.5. The average Bonchev–Trinajstić information content (AvgIpc) is 3.20. The smallest absolute Gasteiger partial charge is 0.306 e. The van der Waals surface area contributed by atoms with Gasteiger partial charge in [-0.1, -0.05) is 109 Å². The number of aliphatic hydroxyl groups excluding tert-OH is 7. The highest BCUT2D eigenvalue weighted by molar-refractivity contribution is 5.70. The minimum Gasteiger partial charge on any atom is -0.462 e. The summed E-state index contributed by atoms with van der Waals surface area (Å²) < 4.78 is 33.3. The molecule has 2 aliphatic rings. The number of aliphatic hydroxyl groups is 7. The van der Waals surface area contributed by atoms with E-state index < -0.39 is 92.7 Å². The van der Waals surface area contributed by atoms with Gasteiger partial charge in [-0.3, -0.25) is 9.59 Å². The zero-order chi connectivity index (χ0) is 41.8. The van der Waals surface area contributed by atoms with Crippen molar-refractivity contribution in [1.82, 2.24) is 0 Å². The molecular weight excluding hydrogens is 744 g/mol. The quantitative estimate of drug-likeness (QED) is 0.0290. The molecular formula is C42H76O15. The maximum Gasteiger partial charge on any atom is 0.306 e. The molecule has 2 rings (SSSR count). The lowest BCUT2D eigenvalue weighted by molar-refractivity contribution is -0.332. The maximum absolute atomic E-state index is 12.9. The van der Waals surface area contributed by atoms with Crippen molar-refractivity contribution in [1.29, 1.82) is 0 Å². The average molecular weight is 821 g/mol. The first-order valence-corrected chi connectivity index (χ1v) is 21.8. The highest BCUT2D eigenvalue weighted by Gasteiger charge is 2.47. The molecule has 57 heavy (non-hydrogen) atoms. The van der Waals surface area contributed by atoms with E-state index in [4.69, 9.17) is 28.4 Å². The molecule has 334 valence electrons. The van der Waals surface area contributed by atoms with Gasteiger partial charge in [-0.25, -0.2) is 0 Å². The molecule has 2 fully saturated rings. The number of hydrogen-bond donors (Lipinski definition) is 7. The fraction of sp³-hybridized carbons (Fsp3) is 0.905. The van der Waals surface area contributed by atoms with E-state index in [2.05, 4.69) is 26.0 Å². The Hall–Kier alpha value is -1.76. The van der Waals surface area contributed by atoms with Crippen LogP contribution in [0.4, 0.5) is 0 Å². The largest absolute Gasteiger partial charge is 0.462 e. The van der Waals surface area contributed by atoms with Gasteiger partial charge in [-0.15, -0.1) is 0 Å². The van der Waals surface area contributed by atoms with Gasteiger partial charge < -0.3 is 64.2 Å². The van der Waals surface area contributed by atoms with Gasteiger partial charge >= 0.3 is 11.9 Å². The van der Waals surface area contributed by atoms with Crippen LogP contribution in [0.2, 0.25) is 0 Å². The van der Waals surface area contributed by atoms with Crippen LogP contribution in [0.25, 0.3) is 0 Å². The number of unbranched alkanes of at least 4 members (excludes halogenated alkanes) is 16. The number of hydrogen-bond acceptors (Lipinski definition) is 15. The van der Waals surface area contributed by atoms with Crippen LogP contribution in [0.15, 0.2) is 12.2 Å². The predicted molar refractivity (Wildman–Crippen MR) is 211 cm³/mol. The van der Waals surface area contributed by atoms with Gasteiger partial charge in [0.15, 0.2) is 18.7 Å². The van der Waals surface area contributed by atoms with Gasteiger partial charge in [0, 0.05) is 12.8 Å². The molecule has 0 aliphatic carbocycles. The van der Waals surface area contributed by atoms with E-state index in [1.165, 1.54) is 51.4 Å². The summed E-state index contributed by atoms with van der Waals surface area (Å²) in [7, 11) is 0. The Morgan fingerprint density at radius 3 is 1.58 bits per heavy atom. The molecule has 0 amide bonds. The van der Waals surface area contributed by atoms with E-state index in [1.54, 1.807) is 0 Å². The molecule has 0 spiro atoms. The van der Waals surface area contributed by atoms with E-state index in [1.807, 2.05) is 0 Å². The second kappa shape index (κ2) is 31.2. The molecule has 0 aromatic rings. The lowest BCUT2D eigenvalue weighted by Crippen LogP contribution is -2.61. The van der Waals surface area contributed by atoms with Crippen LogP contribution in [-0.4, -0.2) is 142 Å². The molecule has 0 saturated carbocycles. The first kappa shape index (κ1) is 51.4. The Morgan fingerprint density at radius 2 is 1.00 bits per heavy atom. The number of carbonyl (C=O) groups is 2. The van der Waals surface area contributed by atoms with Crippen molar-refractivity contribution in [3.05, 3.63) is 12.2 Å². The van der Waals surface area contributed by atoms with Gasteiger partial charge in [-0.05, 0) is 38.5 Å². The van der Waals surface area contributed by atoms with Gasteiger partial charge in [0.25, 0.3) is 0 Å². The molecule has 15 nitrogen and oxygen atoms in total. The van der Waals surface area contributed by atoms with Crippen LogP contribution in [-0.2, 0) is 38.0 Å². The minimum absolute atomic E-state index is 0.158. The van der Waals surface area contributed by atoms with Gasteiger partial charge in [0.05, 0.1) is 19.8 Å². The second-order valence-electron chi connectivity index (χ2n) is 15.5. The first-order chi connectivity index (χ1) is 27.5. The Balaban J connectivity index is 1.88. The molecule has 0 bridgehead atoms. The van der Waals surface area contributed by atoms with Crippen LogP contribution in [0, 0.1) is 0 Å². The van der Waals surface area contributed by atoms with Crippen molar-refractivity contribution in [3.63, 3.8) is 0 Å². The fourth-order valence-corrected chi connectivity index (χ4v) is 6.80. The highest BCUT2D eigenvalue weighted by Crippen LogP contribution is 2.26. The van der Waals surface area contributed by atoms with Crippen molar-refractivity contribution in [3.8, 4) is 0 Å². The third-order valence-corrected chi connectivity index (χ3v) is 10.5. The molecule has 15 heteroatoms. The molecule has 4 unspecified atom stereocenters. The number of ether oxygens (including phenoxy) is 6. The van der Waals surface area contributed by atoms with E-state index in [0.717, 1.165) is 57.8 Å². The van der Waals surface area contributed by atoms with E-state index in [-0.39, 0.29) is 26.1 Å². The van der Waals surface area contributed by atoms with Crippen LogP contribution in [0.1, 0.15) is 149 Å². The molecule has 11 atom stereocenters. The lowest BCUT2D eigenvalue weighted by Gasteiger charge is -2.42. The maximum atomic E-state index is 12.9. The summed E-state index contributed by atoms with van der Waals surface area (Å²) >= 11 is 0. The zero-order valence-corrected chi connectivity index (χ0v) is 34.6.